The molecular formula is C30H32F3N5O4S2. The molecule has 7 rings (SSSR count). The van der Waals surface area contributed by atoms with Crippen molar-refractivity contribution < 1.29 is 31.1 Å². The van der Waals surface area contributed by atoms with Gasteiger partial charge in [-0.1, -0.05) is 13.0 Å². The van der Waals surface area contributed by atoms with E-state index in [9.17, 15) is 26.4 Å². The predicted molar refractivity (Wildman–Crippen MR) is 159 cm³/mol. The number of aromatic nitrogens is 2. The zero-order valence-electron chi connectivity index (χ0n) is 24.1. The molecule has 14 heteroatoms. The van der Waals surface area contributed by atoms with Crippen LogP contribution in [0.2, 0.25) is 0 Å². The minimum Gasteiger partial charge on any atom is -0.377 e. The summed E-state index contributed by atoms with van der Waals surface area (Å²) < 4.78 is 74.1. The van der Waals surface area contributed by atoms with E-state index in [4.69, 9.17) is 4.74 Å². The van der Waals surface area contributed by atoms with Crippen LogP contribution in [0.3, 0.4) is 0 Å². The van der Waals surface area contributed by atoms with Crippen molar-refractivity contribution in [3.8, 4) is 10.6 Å². The van der Waals surface area contributed by atoms with E-state index in [0.29, 0.717) is 37.2 Å². The average Bonchev–Trinajstić information content (AvgIpc) is 3.66. The van der Waals surface area contributed by atoms with Crippen molar-refractivity contribution in [1.29, 1.82) is 0 Å². The van der Waals surface area contributed by atoms with Crippen molar-refractivity contribution in [2.45, 2.75) is 56.3 Å². The number of rotatable bonds is 7. The molecule has 2 aromatic heterocycles. The summed E-state index contributed by atoms with van der Waals surface area (Å²) in [6.45, 7) is 5.57. The fraction of sp³-hybridized carbons (Fsp3) is 0.500. The maximum Gasteiger partial charge on any atom is 0.420 e. The Morgan fingerprint density at radius 2 is 1.93 bits per heavy atom. The number of hydrogen-bond donors (Lipinski definition) is 1. The molecule has 1 N–H and O–H groups in total. The maximum atomic E-state index is 14.2. The van der Waals surface area contributed by atoms with Gasteiger partial charge in [0, 0.05) is 38.1 Å². The number of aryl methyl sites for hydroxylation is 1. The third-order valence-electron chi connectivity index (χ3n) is 8.84. The summed E-state index contributed by atoms with van der Waals surface area (Å²) in [5, 5.41) is 3.14. The summed E-state index contributed by atoms with van der Waals surface area (Å²) in [7, 11) is -3.92. The fourth-order valence-electron chi connectivity index (χ4n) is 6.09. The SMILES string of the molecule is CCc1cc2c(cc1Nc1ncc(C(F)(F)F)c(-c3cc4c(s3)C(=O)N(C3COC3)CCS4(=O)=O)n1)CCN(CC1CC1)C2. The van der Waals surface area contributed by atoms with Crippen molar-refractivity contribution in [1.82, 2.24) is 19.8 Å². The molecule has 0 unspecified atom stereocenters. The van der Waals surface area contributed by atoms with Gasteiger partial charge in [-0.25, -0.2) is 18.4 Å². The number of nitrogens with one attached hydrogen (secondary N) is 1. The summed E-state index contributed by atoms with van der Waals surface area (Å²) in [6.07, 6.45) is 0.0923. The van der Waals surface area contributed by atoms with E-state index in [2.05, 4.69) is 26.3 Å². The van der Waals surface area contributed by atoms with Gasteiger partial charge in [-0.2, -0.15) is 13.2 Å². The average molecular weight is 648 g/mol. The highest BCUT2D eigenvalue weighted by Crippen LogP contribution is 2.43. The Kier molecular flexibility index (Phi) is 7.46. The number of alkyl halides is 3. The molecule has 9 nitrogen and oxygen atoms in total. The number of ether oxygens (including phenoxy) is 1. The van der Waals surface area contributed by atoms with Crippen molar-refractivity contribution in [3.05, 3.63) is 51.5 Å². The van der Waals surface area contributed by atoms with Crippen LogP contribution in [-0.2, 0) is 40.1 Å². The lowest BCUT2D eigenvalue weighted by atomic mass is 9.95. The van der Waals surface area contributed by atoms with Gasteiger partial charge < -0.3 is 15.0 Å². The second-order valence-electron chi connectivity index (χ2n) is 12.0. The number of amides is 1. The summed E-state index contributed by atoms with van der Waals surface area (Å²) in [5.41, 5.74) is 2.61. The standard InChI is InChI=1S/C30H32F3N5O4S2/c1-2-18-9-20-14-37(13-17-3-4-17)6-5-19(20)10-23(18)35-29-34-12-22(30(31,32)33)26(36-29)24-11-25-27(43-24)28(39)38(21-15-42-16-21)7-8-44(25,40)41/h9-12,17,21H,2-8,13-16H2,1H3,(H,34,35,36). The topological polar surface area (TPSA) is 105 Å². The first-order chi connectivity index (χ1) is 21.0. The third kappa shape index (κ3) is 5.61. The van der Waals surface area contributed by atoms with Gasteiger partial charge in [-0.3, -0.25) is 9.69 Å². The Hall–Kier alpha value is -3.07. The van der Waals surface area contributed by atoms with E-state index in [-0.39, 0.29) is 38.9 Å². The molecule has 4 aliphatic rings. The highest BCUT2D eigenvalue weighted by atomic mass is 32.2. The molecule has 1 aromatic carbocycles. The van der Waals surface area contributed by atoms with Crippen LogP contribution < -0.4 is 5.32 Å². The van der Waals surface area contributed by atoms with Crippen molar-refractivity contribution >= 4 is 38.7 Å². The molecule has 1 amide bonds. The van der Waals surface area contributed by atoms with Crippen LogP contribution in [0.15, 0.2) is 29.3 Å². The summed E-state index contributed by atoms with van der Waals surface area (Å²) in [5.74, 6) is -0.0804. The first-order valence-electron chi connectivity index (χ1n) is 14.8. The molecule has 234 valence electrons. The molecular weight excluding hydrogens is 615 g/mol. The number of fused-ring (bicyclic) bond motifs is 2. The van der Waals surface area contributed by atoms with Crippen LogP contribution in [0.25, 0.3) is 10.6 Å². The normalized spacial score (nSPS) is 20.5. The predicted octanol–water partition coefficient (Wildman–Crippen LogP) is 4.93. The van der Waals surface area contributed by atoms with Crippen LogP contribution >= 0.6 is 11.3 Å². The molecule has 0 atom stereocenters. The molecule has 3 aromatic rings. The largest absolute Gasteiger partial charge is 0.420 e. The minimum absolute atomic E-state index is 0.000390. The van der Waals surface area contributed by atoms with Crippen LogP contribution in [0.1, 0.15) is 51.7 Å². The number of halogens is 3. The first-order valence-corrected chi connectivity index (χ1v) is 17.3. The van der Waals surface area contributed by atoms with Gasteiger partial charge in [0.1, 0.15) is 10.4 Å². The number of hydrogen-bond acceptors (Lipinski definition) is 9. The lowest BCUT2D eigenvalue weighted by Crippen LogP contribution is -2.52. The number of nitrogens with zero attached hydrogens (tertiary/aromatic N) is 4. The van der Waals surface area contributed by atoms with Crippen LogP contribution in [0, 0.1) is 5.92 Å². The fourth-order valence-corrected chi connectivity index (χ4v) is 9.01. The molecule has 0 radical (unpaired) electrons. The van der Waals surface area contributed by atoms with Gasteiger partial charge in [0.05, 0.1) is 40.5 Å². The number of carbonyl (C=O) groups excluding carboxylic acids is 1. The molecule has 1 saturated heterocycles. The molecule has 2 fully saturated rings. The van der Waals surface area contributed by atoms with E-state index >= 15 is 0 Å². The van der Waals surface area contributed by atoms with Crippen LogP contribution in [0.4, 0.5) is 24.8 Å². The maximum absolute atomic E-state index is 14.2. The quantitative estimate of drug-likeness (QED) is 0.385. The zero-order chi connectivity index (χ0) is 30.8. The number of carbonyl (C=O) groups is 1. The Balaban J connectivity index is 1.24. The zero-order valence-corrected chi connectivity index (χ0v) is 25.7. The van der Waals surface area contributed by atoms with E-state index in [1.807, 2.05) is 13.0 Å². The summed E-state index contributed by atoms with van der Waals surface area (Å²) >= 11 is 0.714. The lowest BCUT2D eigenvalue weighted by Gasteiger charge is -2.36. The molecule has 0 bridgehead atoms. The second-order valence-corrected chi connectivity index (χ2v) is 15.1. The molecule has 44 heavy (non-hydrogen) atoms. The molecule has 3 aliphatic heterocycles. The number of benzene rings is 1. The van der Waals surface area contributed by atoms with E-state index in [1.54, 1.807) is 0 Å². The number of anilines is 2. The number of sulfone groups is 1. The van der Waals surface area contributed by atoms with Gasteiger partial charge in [0.2, 0.25) is 5.95 Å². The second kappa shape index (κ2) is 11.1. The lowest BCUT2D eigenvalue weighted by molar-refractivity contribution is -0.137. The number of thiophene rings is 1. The van der Waals surface area contributed by atoms with Gasteiger partial charge in [-0.05, 0) is 60.4 Å². The molecule has 1 aliphatic carbocycles. The molecule has 1 saturated carbocycles. The van der Waals surface area contributed by atoms with Crippen molar-refractivity contribution in [2.75, 3.05) is 43.9 Å². The highest BCUT2D eigenvalue weighted by Gasteiger charge is 2.41. The minimum atomic E-state index is -4.81. The van der Waals surface area contributed by atoms with Crippen LogP contribution in [0.5, 0.6) is 0 Å². The van der Waals surface area contributed by atoms with Crippen LogP contribution in [-0.4, -0.2) is 78.7 Å². The Morgan fingerprint density at radius 1 is 1.14 bits per heavy atom. The molecule has 0 spiro atoms. The summed E-state index contributed by atoms with van der Waals surface area (Å²) in [6, 6.07) is 5.09. The smallest absolute Gasteiger partial charge is 0.377 e. The van der Waals surface area contributed by atoms with Gasteiger partial charge in [0.15, 0.2) is 9.84 Å². The molecule has 5 heterocycles. The monoisotopic (exact) mass is 647 g/mol. The van der Waals surface area contributed by atoms with Crippen molar-refractivity contribution in [2.24, 2.45) is 5.92 Å². The highest BCUT2D eigenvalue weighted by molar-refractivity contribution is 7.91. The third-order valence-corrected chi connectivity index (χ3v) is 11.8. The van der Waals surface area contributed by atoms with E-state index in [0.717, 1.165) is 49.3 Å². The first kappa shape index (κ1) is 29.6. The van der Waals surface area contributed by atoms with E-state index < -0.39 is 33.2 Å². The Labute approximate surface area is 257 Å². The van der Waals surface area contributed by atoms with Crippen molar-refractivity contribution in [3.63, 3.8) is 0 Å². The van der Waals surface area contributed by atoms with Gasteiger partial charge >= 0.3 is 6.18 Å². The van der Waals surface area contributed by atoms with Gasteiger partial charge in [0.25, 0.3) is 5.91 Å². The summed E-state index contributed by atoms with van der Waals surface area (Å²) in [4.78, 5) is 25.2. The van der Waals surface area contributed by atoms with Gasteiger partial charge in [-0.15, -0.1) is 11.3 Å². The Bertz CT molecular complexity index is 1730. The van der Waals surface area contributed by atoms with E-state index in [1.165, 1.54) is 28.9 Å². The Morgan fingerprint density at radius 3 is 2.61 bits per heavy atom.